The van der Waals surface area contributed by atoms with Crippen molar-refractivity contribution in [1.82, 2.24) is 4.57 Å². The summed E-state index contributed by atoms with van der Waals surface area (Å²) in [6, 6.07) is 10.7. The van der Waals surface area contributed by atoms with E-state index in [1.807, 2.05) is 0 Å². The third kappa shape index (κ3) is 2.44. The molecule has 2 nitrogen and oxygen atoms in total. The van der Waals surface area contributed by atoms with E-state index in [-0.39, 0.29) is 11.0 Å². The van der Waals surface area contributed by atoms with Crippen molar-refractivity contribution >= 4 is 10.9 Å². The lowest BCUT2D eigenvalue weighted by molar-refractivity contribution is 0.208. The molecule has 0 unspecified atom stereocenters. The molecule has 0 saturated carbocycles. The predicted octanol–water partition coefficient (Wildman–Crippen LogP) is 3.75. The lowest BCUT2D eigenvalue weighted by Gasteiger charge is -2.36. The summed E-state index contributed by atoms with van der Waals surface area (Å²) in [5, 5.41) is 1.30. The Labute approximate surface area is 110 Å². The monoisotopic (exact) mass is 244 g/mol. The third-order valence-electron chi connectivity index (χ3n) is 3.72. The van der Waals surface area contributed by atoms with Crippen LogP contribution in [-0.4, -0.2) is 11.1 Å². The van der Waals surface area contributed by atoms with Crippen molar-refractivity contribution in [3.05, 3.63) is 36.5 Å². The molecule has 0 bridgehead atoms. The summed E-state index contributed by atoms with van der Waals surface area (Å²) in [6.07, 6.45) is 3.26. The van der Waals surface area contributed by atoms with Crippen molar-refractivity contribution in [3.8, 4) is 0 Å². The molecule has 2 heteroatoms. The van der Waals surface area contributed by atoms with Crippen LogP contribution in [0.15, 0.2) is 36.5 Å². The van der Waals surface area contributed by atoms with Crippen LogP contribution in [0.4, 0.5) is 0 Å². The molecule has 1 aromatic carbocycles. The number of hydrogen-bond acceptors (Lipinski definition) is 1. The zero-order valence-corrected chi connectivity index (χ0v) is 11.9. The molecular formula is C16H24N2. The van der Waals surface area contributed by atoms with Crippen molar-refractivity contribution in [1.29, 1.82) is 0 Å². The van der Waals surface area contributed by atoms with Gasteiger partial charge in [0.2, 0.25) is 0 Å². The molecule has 2 rings (SSSR count). The molecule has 0 radical (unpaired) electrons. The van der Waals surface area contributed by atoms with Gasteiger partial charge in [0, 0.05) is 17.3 Å². The Hall–Kier alpha value is -1.28. The smallest absolute Gasteiger partial charge is 0.0485 e. The summed E-state index contributed by atoms with van der Waals surface area (Å²) in [5.74, 6) is 0. The quantitative estimate of drug-likeness (QED) is 0.872. The van der Waals surface area contributed by atoms with E-state index in [2.05, 4.69) is 68.8 Å². The average Bonchev–Trinajstić information content (AvgIpc) is 2.72. The summed E-state index contributed by atoms with van der Waals surface area (Å²) in [5.41, 5.74) is 7.41. The Balaban J connectivity index is 2.40. The third-order valence-corrected chi connectivity index (χ3v) is 3.72. The van der Waals surface area contributed by atoms with E-state index in [0.717, 1.165) is 13.0 Å². The molecule has 2 N–H and O–H groups in total. The van der Waals surface area contributed by atoms with Crippen LogP contribution in [0.25, 0.3) is 10.9 Å². The van der Waals surface area contributed by atoms with Crippen molar-refractivity contribution < 1.29 is 0 Å². The highest BCUT2D eigenvalue weighted by molar-refractivity contribution is 5.80. The van der Waals surface area contributed by atoms with Crippen LogP contribution in [0, 0.1) is 5.41 Å². The minimum atomic E-state index is 0.0754. The van der Waals surface area contributed by atoms with Gasteiger partial charge in [0.1, 0.15) is 0 Å². The zero-order valence-electron chi connectivity index (χ0n) is 11.9. The van der Waals surface area contributed by atoms with Gasteiger partial charge in [-0.15, -0.1) is 0 Å². The molecule has 98 valence electrons. The van der Waals surface area contributed by atoms with Crippen LogP contribution in [0.3, 0.4) is 0 Å². The van der Waals surface area contributed by atoms with Gasteiger partial charge < -0.3 is 10.3 Å². The Kier molecular flexibility index (Phi) is 3.24. The van der Waals surface area contributed by atoms with Gasteiger partial charge in [-0.05, 0) is 49.7 Å². The highest BCUT2D eigenvalue weighted by Gasteiger charge is 2.29. The number of aromatic nitrogens is 1. The first-order valence-corrected chi connectivity index (χ1v) is 6.62. The molecule has 0 fully saturated rings. The highest BCUT2D eigenvalue weighted by atomic mass is 15.0. The molecule has 18 heavy (non-hydrogen) atoms. The van der Waals surface area contributed by atoms with Gasteiger partial charge in [0.05, 0.1) is 0 Å². The summed E-state index contributed by atoms with van der Waals surface area (Å²) >= 11 is 0. The summed E-state index contributed by atoms with van der Waals surface area (Å²) in [4.78, 5) is 0. The van der Waals surface area contributed by atoms with Gasteiger partial charge in [0.15, 0.2) is 0 Å². The first-order valence-electron chi connectivity index (χ1n) is 6.62. The summed E-state index contributed by atoms with van der Waals surface area (Å²) in [7, 11) is 0. The minimum Gasteiger partial charge on any atom is -0.342 e. The maximum Gasteiger partial charge on any atom is 0.0485 e. The number of hydrogen-bond donors (Lipinski definition) is 1. The number of fused-ring (bicyclic) bond motifs is 1. The van der Waals surface area contributed by atoms with E-state index in [1.165, 1.54) is 10.9 Å². The molecule has 0 aliphatic heterocycles. The second-order valence-corrected chi connectivity index (χ2v) is 6.60. The van der Waals surface area contributed by atoms with Gasteiger partial charge in [-0.2, -0.15) is 0 Å². The molecule has 0 spiro atoms. The van der Waals surface area contributed by atoms with Crippen molar-refractivity contribution in [2.75, 3.05) is 6.54 Å². The standard InChI is InChI=1S/C16H24N2/c1-15(2,12-17)11-16(3,4)18-10-9-13-7-5-6-8-14(13)18/h5-10H,11-12,17H2,1-4H3. The topological polar surface area (TPSA) is 30.9 Å². The molecule has 0 saturated heterocycles. The van der Waals surface area contributed by atoms with Crippen LogP contribution in [0.1, 0.15) is 34.1 Å². The molecule has 1 aromatic heterocycles. The number of benzene rings is 1. The Morgan fingerprint density at radius 1 is 1.06 bits per heavy atom. The van der Waals surface area contributed by atoms with Crippen molar-refractivity contribution in [2.24, 2.45) is 11.1 Å². The second-order valence-electron chi connectivity index (χ2n) is 6.60. The molecule has 2 aromatic rings. The Morgan fingerprint density at radius 3 is 2.39 bits per heavy atom. The van der Waals surface area contributed by atoms with E-state index >= 15 is 0 Å². The lowest BCUT2D eigenvalue weighted by atomic mass is 9.80. The van der Waals surface area contributed by atoms with E-state index in [0.29, 0.717) is 0 Å². The summed E-state index contributed by atoms with van der Waals surface area (Å²) in [6.45, 7) is 9.77. The van der Waals surface area contributed by atoms with Gasteiger partial charge >= 0.3 is 0 Å². The van der Waals surface area contributed by atoms with E-state index in [4.69, 9.17) is 5.73 Å². The average molecular weight is 244 g/mol. The van der Waals surface area contributed by atoms with Crippen LogP contribution >= 0.6 is 0 Å². The highest BCUT2D eigenvalue weighted by Crippen LogP contribution is 2.34. The van der Waals surface area contributed by atoms with Crippen molar-refractivity contribution in [2.45, 2.75) is 39.7 Å². The predicted molar refractivity (Wildman–Crippen MR) is 78.7 cm³/mol. The fourth-order valence-electron chi connectivity index (χ4n) is 2.94. The van der Waals surface area contributed by atoms with Crippen LogP contribution in [0.2, 0.25) is 0 Å². The van der Waals surface area contributed by atoms with Crippen molar-refractivity contribution in [3.63, 3.8) is 0 Å². The first-order chi connectivity index (χ1) is 8.36. The van der Waals surface area contributed by atoms with E-state index in [1.54, 1.807) is 0 Å². The Morgan fingerprint density at radius 2 is 1.72 bits per heavy atom. The second kappa shape index (κ2) is 4.43. The molecular weight excluding hydrogens is 220 g/mol. The van der Waals surface area contributed by atoms with Gasteiger partial charge in [-0.25, -0.2) is 0 Å². The lowest BCUT2D eigenvalue weighted by Crippen LogP contribution is -2.35. The van der Waals surface area contributed by atoms with Crippen LogP contribution in [-0.2, 0) is 5.54 Å². The zero-order chi connectivity index (χ0) is 13.4. The fourth-order valence-corrected chi connectivity index (χ4v) is 2.94. The fraction of sp³-hybridized carbons (Fsp3) is 0.500. The maximum absolute atomic E-state index is 5.87. The molecule has 0 atom stereocenters. The molecule has 1 heterocycles. The first kappa shape index (κ1) is 13.2. The number of para-hydroxylation sites is 1. The van der Waals surface area contributed by atoms with Gasteiger partial charge in [-0.1, -0.05) is 32.0 Å². The van der Waals surface area contributed by atoms with Gasteiger partial charge in [0.25, 0.3) is 0 Å². The van der Waals surface area contributed by atoms with Gasteiger partial charge in [-0.3, -0.25) is 0 Å². The Bertz CT molecular complexity index is 535. The SMILES string of the molecule is CC(C)(CN)CC(C)(C)n1ccc2ccccc21. The van der Waals surface area contributed by atoms with E-state index < -0.39 is 0 Å². The molecule has 0 aliphatic carbocycles. The number of nitrogens with zero attached hydrogens (tertiary/aromatic N) is 1. The minimum absolute atomic E-state index is 0.0754. The normalized spacial score (nSPS) is 13.2. The summed E-state index contributed by atoms with van der Waals surface area (Å²) < 4.78 is 2.37. The van der Waals surface area contributed by atoms with Crippen LogP contribution in [0.5, 0.6) is 0 Å². The maximum atomic E-state index is 5.87. The largest absolute Gasteiger partial charge is 0.342 e. The molecule has 0 aliphatic rings. The molecule has 0 amide bonds. The van der Waals surface area contributed by atoms with E-state index in [9.17, 15) is 0 Å². The number of rotatable bonds is 4. The van der Waals surface area contributed by atoms with Crippen LogP contribution < -0.4 is 5.73 Å². The number of nitrogens with two attached hydrogens (primary N) is 1.